The first-order valence-electron chi connectivity index (χ1n) is 23.4. The van der Waals surface area contributed by atoms with Gasteiger partial charge >= 0.3 is 0 Å². The van der Waals surface area contributed by atoms with Gasteiger partial charge in [-0.05, 0) is 135 Å². The van der Waals surface area contributed by atoms with Gasteiger partial charge in [0.1, 0.15) is 0 Å². The second kappa shape index (κ2) is 22.6. The number of nitrogens with zero attached hydrogens (tertiary/aromatic N) is 6. The van der Waals surface area contributed by atoms with Gasteiger partial charge in [0.2, 0.25) is 0 Å². The second-order valence-corrected chi connectivity index (χ2v) is 18.3. The molecule has 3 saturated heterocycles. The Morgan fingerprint density at radius 2 is 1.00 bits per heavy atom. The summed E-state index contributed by atoms with van der Waals surface area (Å²) >= 11 is 0. The van der Waals surface area contributed by atoms with E-state index in [0.29, 0.717) is 17.8 Å². The molecule has 6 nitrogen and oxygen atoms in total. The van der Waals surface area contributed by atoms with E-state index in [1.165, 1.54) is 141 Å². The predicted molar refractivity (Wildman–Crippen MR) is 258 cm³/mol. The molecule has 0 unspecified atom stereocenters. The standard InChI is InChI=1S/2C18H24N2.C18H26N2/c1-14(2)18-17-9-5-4-8-16(17)15(12-19-18)13-20-10-6-3-7-11-20;1-14(2)18-17-8-6-7-15(16(17)9-10-19-18)13-20-11-4-3-5-12-20;1-5-15-12-16(13-20-10-8-7-9-11-20)19-18(14(3)4)17(15)6-2/h4-5,8-9,12,14H,3,6-7,10-11,13H2,1-2H3;6-10,14H,3-5,11-13H2,1-2H3;5-6,12,14H,1-2,7-11,13H2,3-4H3. The van der Waals surface area contributed by atoms with Crippen molar-refractivity contribution in [1.82, 2.24) is 29.7 Å². The normalized spacial score (nSPS) is 16.8. The molecule has 0 aliphatic carbocycles. The third-order valence-corrected chi connectivity index (χ3v) is 12.6. The van der Waals surface area contributed by atoms with Crippen LogP contribution in [0.2, 0.25) is 0 Å². The number of benzene rings is 2. The summed E-state index contributed by atoms with van der Waals surface area (Å²) in [6, 6.07) is 19.8. The van der Waals surface area contributed by atoms with Crippen molar-refractivity contribution in [2.45, 2.75) is 137 Å². The summed E-state index contributed by atoms with van der Waals surface area (Å²) in [6.07, 6.45) is 20.1. The monoisotopic (exact) mass is 807 g/mol. The zero-order valence-electron chi connectivity index (χ0n) is 38.1. The van der Waals surface area contributed by atoms with E-state index in [4.69, 9.17) is 9.97 Å². The maximum absolute atomic E-state index is 4.89. The van der Waals surface area contributed by atoms with Crippen LogP contribution >= 0.6 is 0 Å². The van der Waals surface area contributed by atoms with Crippen LogP contribution in [0.1, 0.15) is 162 Å². The zero-order valence-corrected chi connectivity index (χ0v) is 38.1. The molecule has 3 fully saturated rings. The number of hydrogen-bond donors (Lipinski definition) is 0. The molecule has 6 heteroatoms. The minimum absolute atomic E-state index is 0.406. The highest BCUT2D eigenvalue weighted by atomic mass is 15.1. The van der Waals surface area contributed by atoms with Gasteiger partial charge in [0.05, 0.1) is 22.8 Å². The van der Waals surface area contributed by atoms with Crippen molar-refractivity contribution in [2.75, 3.05) is 39.3 Å². The van der Waals surface area contributed by atoms with Crippen LogP contribution < -0.4 is 0 Å². The summed E-state index contributed by atoms with van der Waals surface area (Å²) in [5.41, 5.74) is 9.88. The highest BCUT2D eigenvalue weighted by Gasteiger charge is 2.18. The summed E-state index contributed by atoms with van der Waals surface area (Å²) in [5, 5.41) is 5.43. The van der Waals surface area contributed by atoms with E-state index in [1.54, 1.807) is 0 Å². The molecule has 320 valence electrons. The Morgan fingerprint density at radius 1 is 0.517 bits per heavy atom. The van der Waals surface area contributed by atoms with Gasteiger partial charge in [-0.25, -0.2) is 0 Å². The van der Waals surface area contributed by atoms with Crippen LogP contribution in [0.15, 0.2) is 80.1 Å². The van der Waals surface area contributed by atoms with Crippen LogP contribution in [0, 0.1) is 0 Å². The van der Waals surface area contributed by atoms with Gasteiger partial charge in [-0.15, -0.1) is 0 Å². The molecular weight excluding hydrogens is 733 g/mol. The highest BCUT2D eigenvalue weighted by Crippen LogP contribution is 2.29. The number of hydrogen-bond acceptors (Lipinski definition) is 6. The quantitative estimate of drug-likeness (QED) is 0.132. The van der Waals surface area contributed by atoms with Crippen molar-refractivity contribution >= 4 is 33.7 Å². The summed E-state index contributed by atoms with van der Waals surface area (Å²) in [5.74, 6) is 1.36. The number of fused-ring (bicyclic) bond motifs is 2. The first-order valence-corrected chi connectivity index (χ1v) is 23.4. The lowest BCUT2D eigenvalue weighted by Crippen LogP contribution is -2.29. The Morgan fingerprint density at radius 3 is 1.53 bits per heavy atom. The molecular formula is C54H74N6. The number of aromatic nitrogens is 3. The van der Waals surface area contributed by atoms with E-state index >= 15 is 0 Å². The van der Waals surface area contributed by atoms with E-state index < -0.39 is 0 Å². The van der Waals surface area contributed by atoms with Gasteiger partial charge in [0, 0.05) is 48.4 Å². The Balaban J connectivity index is 0.000000151. The predicted octanol–water partition coefficient (Wildman–Crippen LogP) is 13.2. The maximum Gasteiger partial charge on any atom is 0.0553 e. The van der Waals surface area contributed by atoms with Crippen LogP contribution in [0.4, 0.5) is 0 Å². The molecule has 0 bridgehead atoms. The minimum atomic E-state index is 0.406. The fraction of sp³-hybridized carbons (Fsp3) is 0.500. The van der Waals surface area contributed by atoms with Crippen LogP contribution in [0.25, 0.3) is 33.7 Å². The lowest BCUT2D eigenvalue weighted by Gasteiger charge is -2.27. The van der Waals surface area contributed by atoms with Crippen molar-refractivity contribution < 1.29 is 0 Å². The fourth-order valence-corrected chi connectivity index (χ4v) is 9.38. The van der Waals surface area contributed by atoms with Crippen molar-refractivity contribution in [3.63, 3.8) is 0 Å². The van der Waals surface area contributed by atoms with Crippen molar-refractivity contribution in [3.05, 3.63) is 125 Å². The summed E-state index contributed by atoms with van der Waals surface area (Å²) in [4.78, 5) is 21.9. The van der Waals surface area contributed by atoms with Crippen LogP contribution in [-0.2, 0) is 19.6 Å². The van der Waals surface area contributed by atoms with Gasteiger partial charge in [0.15, 0.2) is 0 Å². The summed E-state index contributed by atoms with van der Waals surface area (Å²) < 4.78 is 0. The number of piperidine rings is 3. The molecule has 3 aromatic heterocycles. The molecule has 0 N–H and O–H groups in total. The fourth-order valence-electron chi connectivity index (χ4n) is 9.38. The molecule has 0 amide bonds. The number of pyridine rings is 3. The molecule has 0 saturated carbocycles. The largest absolute Gasteiger partial charge is 0.299 e. The average Bonchev–Trinajstić information content (AvgIpc) is 3.27. The molecule has 60 heavy (non-hydrogen) atoms. The van der Waals surface area contributed by atoms with E-state index in [-0.39, 0.29) is 0 Å². The van der Waals surface area contributed by atoms with E-state index in [9.17, 15) is 0 Å². The summed E-state index contributed by atoms with van der Waals surface area (Å²) in [7, 11) is 0. The SMILES string of the molecule is C=Cc1cc(CN2CCCCC2)nc(C(C)C)c1C=C.CC(C)c1ncc(CN2CCCCC2)c2ccccc12.CC(C)c1nccc2c(CN3CCCCC3)cccc12. The molecule has 0 radical (unpaired) electrons. The highest BCUT2D eigenvalue weighted by molar-refractivity contribution is 5.88. The van der Waals surface area contributed by atoms with Crippen LogP contribution in [-0.4, -0.2) is 68.9 Å². The van der Waals surface area contributed by atoms with Crippen molar-refractivity contribution in [3.8, 4) is 0 Å². The van der Waals surface area contributed by atoms with E-state index in [1.807, 2.05) is 18.3 Å². The topological polar surface area (TPSA) is 48.4 Å². The van der Waals surface area contributed by atoms with Gasteiger partial charge in [-0.2, -0.15) is 0 Å². The zero-order chi connectivity index (χ0) is 42.4. The van der Waals surface area contributed by atoms with Crippen molar-refractivity contribution in [2.24, 2.45) is 0 Å². The molecule has 5 aromatic rings. The maximum atomic E-state index is 4.89. The molecule has 8 rings (SSSR count). The van der Waals surface area contributed by atoms with E-state index in [0.717, 1.165) is 42.1 Å². The third kappa shape index (κ3) is 12.0. The lowest BCUT2D eigenvalue weighted by molar-refractivity contribution is 0.218. The molecule has 0 atom stereocenters. The minimum Gasteiger partial charge on any atom is -0.299 e. The Bertz CT molecular complexity index is 2070. The smallest absolute Gasteiger partial charge is 0.0553 e. The lowest BCUT2D eigenvalue weighted by atomic mass is 9.97. The van der Waals surface area contributed by atoms with Gasteiger partial charge in [-0.1, -0.05) is 129 Å². The first kappa shape index (κ1) is 45.3. The molecule has 6 heterocycles. The Labute approximate surface area is 363 Å². The Hall–Kier alpha value is -4.23. The summed E-state index contributed by atoms with van der Waals surface area (Å²) in [6.45, 7) is 31.6. The van der Waals surface area contributed by atoms with Crippen LogP contribution in [0.3, 0.4) is 0 Å². The molecule has 3 aliphatic heterocycles. The van der Waals surface area contributed by atoms with Crippen molar-refractivity contribution in [1.29, 1.82) is 0 Å². The number of likely N-dealkylation sites (tertiary alicyclic amines) is 3. The molecule has 0 spiro atoms. The average molecular weight is 807 g/mol. The molecule has 3 aliphatic rings. The number of rotatable bonds is 11. The third-order valence-electron chi connectivity index (χ3n) is 12.6. The Kier molecular flexibility index (Phi) is 17.0. The van der Waals surface area contributed by atoms with E-state index in [2.05, 4.69) is 135 Å². The van der Waals surface area contributed by atoms with Gasteiger partial charge in [-0.3, -0.25) is 29.7 Å². The van der Waals surface area contributed by atoms with Crippen LogP contribution in [0.5, 0.6) is 0 Å². The second-order valence-electron chi connectivity index (χ2n) is 18.3. The van der Waals surface area contributed by atoms with Gasteiger partial charge in [0.25, 0.3) is 0 Å². The first-order chi connectivity index (χ1) is 29.2. The van der Waals surface area contributed by atoms with Gasteiger partial charge < -0.3 is 0 Å². The molecule has 2 aromatic carbocycles.